The fourth-order valence-corrected chi connectivity index (χ4v) is 3.87. The highest BCUT2D eigenvalue weighted by atomic mass is 32.1. The molecule has 0 bridgehead atoms. The second-order valence-electron chi connectivity index (χ2n) is 6.03. The zero-order valence-electron chi connectivity index (χ0n) is 13.7. The molecule has 0 radical (unpaired) electrons. The van der Waals surface area contributed by atoms with E-state index in [9.17, 15) is 9.59 Å². The van der Waals surface area contributed by atoms with Gasteiger partial charge in [-0.2, -0.15) is 0 Å². The molecule has 2 heterocycles. The Hall–Kier alpha value is -1.98. The number of ketones is 1. The number of ether oxygens (including phenoxy) is 1. The van der Waals surface area contributed by atoms with Crippen LogP contribution in [0.2, 0.25) is 0 Å². The Bertz CT molecular complexity index is 711. The average Bonchev–Trinajstić information content (AvgIpc) is 3.26. The Labute approximate surface area is 146 Å². The number of nitrogens with zero attached hydrogens (tertiary/aromatic N) is 1. The van der Waals surface area contributed by atoms with Gasteiger partial charge in [-0.1, -0.05) is 18.2 Å². The molecule has 0 spiro atoms. The predicted octanol–water partition coefficient (Wildman–Crippen LogP) is 3.77. The molecule has 0 saturated carbocycles. The largest absolute Gasteiger partial charge is 0.380 e. The minimum atomic E-state index is -0.00168. The van der Waals surface area contributed by atoms with Gasteiger partial charge in [0.15, 0.2) is 5.78 Å². The van der Waals surface area contributed by atoms with E-state index in [4.69, 9.17) is 4.74 Å². The summed E-state index contributed by atoms with van der Waals surface area (Å²) in [5, 5.41) is 1.91. The van der Waals surface area contributed by atoms with Crippen LogP contribution in [0.3, 0.4) is 0 Å². The Kier molecular flexibility index (Phi) is 5.43. The van der Waals surface area contributed by atoms with Crippen molar-refractivity contribution in [1.82, 2.24) is 4.90 Å². The summed E-state index contributed by atoms with van der Waals surface area (Å²) < 4.78 is 5.13. The highest BCUT2D eigenvalue weighted by molar-refractivity contribution is 7.12. The normalized spacial score (nSPS) is 17.2. The van der Waals surface area contributed by atoms with E-state index >= 15 is 0 Å². The molecular weight excluding hydrogens is 322 g/mol. The summed E-state index contributed by atoms with van der Waals surface area (Å²) in [6.07, 6.45) is 2.25. The number of carbonyl (C=O) groups excluding carboxylic acids is 2. The van der Waals surface area contributed by atoms with E-state index in [2.05, 4.69) is 0 Å². The van der Waals surface area contributed by atoms with Gasteiger partial charge in [0.25, 0.3) is 5.91 Å². The van der Waals surface area contributed by atoms with Crippen LogP contribution in [0.25, 0.3) is 0 Å². The first-order valence-electron chi connectivity index (χ1n) is 8.14. The molecule has 0 aliphatic carbocycles. The summed E-state index contributed by atoms with van der Waals surface area (Å²) in [6, 6.07) is 11.3. The van der Waals surface area contributed by atoms with Gasteiger partial charge in [-0.05, 0) is 42.0 Å². The van der Waals surface area contributed by atoms with Crippen molar-refractivity contribution in [2.75, 3.05) is 13.7 Å². The zero-order chi connectivity index (χ0) is 16.9. The second kappa shape index (κ2) is 7.73. The molecule has 3 rings (SSSR count). The van der Waals surface area contributed by atoms with Gasteiger partial charge >= 0.3 is 0 Å². The third kappa shape index (κ3) is 3.74. The highest BCUT2D eigenvalue weighted by Crippen LogP contribution is 2.25. The first-order chi connectivity index (χ1) is 11.7. The first kappa shape index (κ1) is 16.9. The SMILES string of the molecule is COCc1cccc(C(=O)N2CCC[C@H]2CC(=O)c2cccs2)c1. The monoisotopic (exact) mass is 343 g/mol. The van der Waals surface area contributed by atoms with Gasteiger partial charge in [-0.25, -0.2) is 0 Å². The van der Waals surface area contributed by atoms with Crippen molar-refractivity contribution in [2.45, 2.75) is 31.9 Å². The number of amides is 1. The number of benzene rings is 1. The molecule has 5 heteroatoms. The Morgan fingerprint density at radius 2 is 2.17 bits per heavy atom. The summed E-state index contributed by atoms with van der Waals surface area (Å²) in [6.45, 7) is 1.21. The maximum Gasteiger partial charge on any atom is 0.254 e. The maximum absolute atomic E-state index is 12.9. The van der Waals surface area contributed by atoms with Crippen LogP contribution in [0, 0.1) is 0 Å². The van der Waals surface area contributed by atoms with Crippen molar-refractivity contribution >= 4 is 23.0 Å². The van der Waals surface area contributed by atoms with E-state index < -0.39 is 0 Å². The lowest BCUT2D eigenvalue weighted by Gasteiger charge is -2.24. The molecule has 1 aromatic carbocycles. The topological polar surface area (TPSA) is 46.6 Å². The van der Waals surface area contributed by atoms with Crippen molar-refractivity contribution in [3.63, 3.8) is 0 Å². The van der Waals surface area contributed by atoms with Crippen LogP contribution in [0.1, 0.15) is 44.9 Å². The summed E-state index contributed by atoms with van der Waals surface area (Å²) in [4.78, 5) is 27.9. The molecule has 24 heavy (non-hydrogen) atoms. The summed E-state index contributed by atoms with van der Waals surface area (Å²) in [5.74, 6) is 0.136. The van der Waals surface area contributed by atoms with Crippen molar-refractivity contribution in [3.8, 4) is 0 Å². The van der Waals surface area contributed by atoms with Gasteiger partial charge in [0.2, 0.25) is 0 Å². The number of thiophene rings is 1. The molecular formula is C19H21NO3S. The van der Waals surface area contributed by atoms with E-state index in [1.165, 1.54) is 11.3 Å². The van der Waals surface area contributed by atoms with Crippen molar-refractivity contribution in [1.29, 1.82) is 0 Å². The van der Waals surface area contributed by atoms with E-state index in [1.807, 2.05) is 46.7 Å². The lowest BCUT2D eigenvalue weighted by molar-refractivity contribution is 0.0717. The summed E-state index contributed by atoms with van der Waals surface area (Å²) in [7, 11) is 1.64. The molecule has 1 aliphatic rings. The van der Waals surface area contributed by atoms with Gasteiger partial charge in [0.1, 0.15) is 0 Å². The number of rotatable bonds is 6. The third-order valence-corrected chi connectivity index (χ3v) is 5.25. The van der Waals surface area contributed by atoms with Crippen LogP contribution in [0.5, 0.6) is 0 Å². The highest BCUT2D eigenvalue weighted by Gasteiger charge is 2.31. The van der Waals surface area contributed by atoms with Crippen LogP contribution in [0.4, 0.5) is 0 Å². The maximum atomic E-state index is 12.9. The van der Waals surface area contributed by atoms with E-state index in [0.717, 1.165) is 29.8 Å². The molecule has 0 N–H and O–H groups in total. The number of Topliss-reactive ketones (excluding diaryl/α,β-unsaturated/α-hetero) is 1. The van der Waals surface area contributed by atoms with Gasteiger partial charge in [0, 0.05) is 31.7 Å². The van der Waals surface area contributed by atoms with Crippen LogP contribution in [0.15, 0.2) is 41.8 Å². The molecule has 0 unspecified atom stereocenters. The zero-order valence-corrected chi connectivity index (χ0v) is 14.6. The number of hydrogen-bond donors (Lipinski definition) is 0. The Morgan fingerprint density at radius 1 is 1.29 bits per heavy atom. The van der Waals surface area contributed by atoms with Gasteiger partial charge in [-0.15, -0.1) is 11.3 Å². The molecule has 1 amide bonds. The van der Waals surface area contributed by atoms with E-state index in [0.29, 0.717) is 18.6 Å². The molecule has 126 valence electrons. The predicted molar refractivity (Wildman–Crippen MR) is 94.5 cm³/mol. The Balaban J connectivity index is 1.71. The second-order valence-corrected chi connectivity index (χ2v) is 6.98. The number of carbonyl (C=O) groups is 2. The standard InChI is InChI=1S/C19H21NO3S/c1-23-13-14-5-2-6-15(11-14)19(22)20-9-3-7-16(20)12-17(21)18-8-4-10-24-18/h2,4-6,8,10-11,16H,3,7,9,12-13H2,1H3/t16-/m0/s1. The van der Waals surface area contributed by atoms with Crippen molar-refractivity contribution < 1.29 is 14.3 Å². The lowest BCUT2D eigenvalue weighted by Crippen LogP contribution is -2.36. The number of likely N-dealkylation sites (tertiary alicyclic amines) is 1. The molecule has 2 aromatic rings. The van der Waals surface area contributed by atoms with Gasteiger partial charge < -0.3 is 9.64 Å². The van der Waals surface area contributed by atoms with Crippen molar-refractivity contribution in [2.24, 2.45) is 0 Å². The lowest BCUT2D eigenvalue weighted by atomic mass is 10.1. The van der Waals surface area contributed by atoms with Crippen LogP contribution in [-0.4, -0.2) is 36.3 Å². The fraction of sp³-hybridized carbons (Fsp3) is 0.368. The Morgan fingerprint density at radius 3 is 2.92 bits per heavy atom. The smallest absolute Gasteiger partial charge is 0.254 e. The molecule has 1 fully saturated rings. The minimum absolute atomic E-state index is 0.00168. The summed E-state index contributed by atoms with van der Waals surface area (Å²) >= 11 is 1.46. The van der Waals surface area contributed by atoms with Crippen LogP contribution < -0.4 is 0 Å². The summed E-state index contributed by atoms with van der Waals surface area (Å²) in [5.41, 5.74) is 1.65. The molecule has 1 atom stereocenters. The van der Waals surface area contributed by atoms with Crippen LogP contribution in [-0.2, 0) is 11.3 Å². The van der Waals surface area contributed by atoms with E-state index in [-0.39, 0.29) is 17.7 Å². The quantitative estimate of drug-likeness (QED) is 0.750. The van der Waals surface area contributed by atoms with Crippen molar-refractivity contribution in [3.05, 3.63) is 57.8 Å². The molecule has 1 aliphatic heterocycles. The first-order valence-corrected chi connectivity index (χ1v) is 9.02. The average molecular weight is 343 g/mol. The third-order valence-electron chi connectivity index (χ3n) is 4.34. The number of methoxy groups -OCH3 is 1. The molecule has 1 saturated heterocycles. The van der Waals surface area contributed by atoms with Gasteiger partial charge in [0.05, 0.1) is 11.5 Å². The molecule has 4 nitrogen and oxygen atoms in total. The van der Waals surface area contributed by atoms with Crippen LogP contribution >= 0.6 is 11.3 Å². The minimum Gasteiger partial charge on any atom is -0.380 e. The van der Waals surface area contributed by atoms with Gasteiger partial charge in [-0.3, -0.25) is 9.59 Å². The molecule has 1 aromatic heterocycles. The number of hydrogen-bond acceptors (Lipinski definition) is 4. The fourth-order valence-electron chi connectivity index (χ4n) is 3.19. The van der Waals surface area contributed by atoms with E-state index in [1.54, 1.807) is 7.11 Å².